The molecule has 2 aromatic heterocycles. The summed E-state index contributed by atoms with van der Waals surface area (Å²) in [7, 11) is 1.68. The van der Waals surface area contributed by atoms with Gasteiger partial charge < -0.3 is 9.72 Å². The largest absolute Gasteiger partial charge is 0.496 e. The number of ether oxygens (including phenoxy) is 1. The van der Waals surface area contributed by atoms with Gasteiger partial charge in [-0.2, -0.15) is 0 Å². The summed E-state index contributed by atoms with van der Waals surface area (Å²) in [5.74, 6) is 1.76. The van der Waals surface area contributed by atoms with Gasteiger partial charge in [0.1, 0.15) is 5.75 Å². The van der Waals surface area contributed by atoms with Crippen LogP contribution in [0.15, 0.2) is 53.3 Å². The molecule has 0 spiro atoms. The molecule has 8 nitrogen and oxygen atoms in total. The van der Waals surface area contributed by atoms with Crippen molar-refractivity contribution >= 4 is 10.9 Å². The molecular weight excluding hydrogens is 452 g/mol. The zero-order chi connectivity index (χ0) is 26.0. The van der Waals surface area contributed by atoms with Crippen molar-refractivity contribution in [3.63, 3.8) is 0 Å². The van der Waals surface area contributed by atoms with Crippen LogP contribution >= 0.6 is 0 Å². The van der Waals surface area contributed by atoms with Gasteiger partial charge in [-0.3, -0.25) is 9.69 Å². The Kier molecular flexibility index (Phi) is 7.26. The van der Waals surface area contributed by atoms with Crippen molar-refractivity contribution in [3.05, 3.63) is 81.4 Å². The van der Waals surface area contributed by atoms with Crippen LogP contribution in [0.25, 0.3) is 10.9 Å². The van der Waals surface area contributed by atoms with E-state index in [0.717, 1.165) is 33.6 Å². The number of aryl methyl sites for hydroxylation is 1. The van der Waals surface area contributed by atoms with E-state index in [1.54, 1.807) is 7.11 Å². The molecule has 0 aliphatic heterocycles. The number of hydrogen-bond acceptors (Lipinski definition) is 6. The van der Waals surface area contributed by atoms with Crippen molar-refractivity contribution in [2.24, 2.45) is 5.92 Å². The van der Waals surface area contributed by atoms with E-state index in [2.05, 4.69) is 79.1 Å². The van der Waals surface area contributed by atoms with Gasteiger partial charge in [0.2, 0.25) is 0 Å². The Balaban J connectivity index is 1.84. The second-order valence-electron chi connectivity index (χ2n) is 10.7. The molecule has 0 amide bonds. The van der Waals surface area contributed by atoms with Crippen molar-refractivity contribution in [2.45, 2.75) is 66.2 Å². The number of benzene rings is 2. The number of methoxy groups -OCH3 is 1. The first-order chi connectivity index (χ1) is 17.1. The van der Waals surface area contributed by atoms with Crippen LogP contribution in [0.1, 0.15) is 63.2 Å². The highest BCUT2D eigenvalue weighted by Gasteiger charge is 2.33. The van der Waals surface area contributed by atoms with Crippen LogP contribution in [0.5, 0.6) is 5.75 Å². The molecule has 1 atom stereocenters. The molecule has 2 aromatic carbocycles. The number of aromatic amines is 1. The van der Waals surface area contributed by atoms with Gasteiger partial charge in [-0.05, 0) is 73.7 Å². The number of tetrazole rings is 1. The fraction of sp³-hybridized carbons (Fsp3) is 0.429. The maximum Gasteiger partial charge on any atom is 0.252 e. The second-order valence-corrected chi connectivity index (χ2v) is 10.7. The molecule has 0 aliphatic carbocycles. The average molecular weight is 489 g/mol. The lowest BCUT2D eigenvalue weighted by Gasteiger charge is -2.35. The second kappa shape index (κ2) is 10.2. The molecule has 0 aliphatic rings. The Bertz CT molecular complexity index is 1400. The Morgan fingerprint density at radius 2 is 1.78 bits per heavy atom. The lowest BCUT2D eigenvalue weighted by Crippen LogP contribution is -2.37. The van der Waals surface area contributed by atoms with Gasteiger partial charge in [-0.1, -0.05) is 43.7 Å². The summed E-state index contributed by atoms with van der Waals surface area (Å²) in [5.41, 5.74) is 3.34. The highest BCUT2D eigenvalue weighted by Crippen LogP contribution is 2.33. The molecule has 0 radical (unpaired) electrons. The monoisotopic (exact) mass is 488 g/mol. The summed E-state index contributed by atoms with van der Waals surface area (Å²) in [6.45, 7) is 13.6. The zero-order valence-corrected chi connectivity index (χ0v) is 22.2. The minimum absolute atomic E-state index is 0.0886. The SMILES string of the molecule is COc1ccccc1CN(Cc1cc2cc(C)ccc2[nH]c1=O)[C@@H](c1nnnn1C(C)(C)C)C(C)C. The fourth-order valence-electron chi connectivity index (χ4n) is 4.75. The van der Waals surface area contributed by atoms with E-state index < -0.39 is 0 Å². The predicted octanol–water partition coefficient (Wildman–Crippen LogP) is 4.99. The maximum absolute atomic E-state index is 13.2. The average Bonchev–Trinajstić information content (AvgIpc) is 3.30. The number of nitrogens with zero attached hydrogens (tertiary/aromatic N) is 5. The third-order valence-corrected chi connectivity index (χ3v) is 6.43. The van der Waals surface area contributed by atoms with Crippen LogP contribution in [0.4, 0.5) is 0 Å². The lowest BCUT2D eigenvalue weighted by atomic mass is 9.98. The van der Waals surface area contributed by atoms with Crippen LogP contribution in [-0.2, 0) is 18.6 Å². The number of rotatable bonds is 8. The molecule has 4 rings (SSSR count). The maximum atomic E-state index is 13.2. The predicted molar refractivity (Wildman–Crippen MR) is 142 cm³/mol. The first-order valence-corrected chi connectivity index (χ1v) is 12.4. The van der Waals surface area contributed by atoms with Crippen LogP contribution in [0, 0.1) is 12.8 Å². The molecule has 0 saturated carbocycles. The van der Waals surface area contributed by atoms with Gasteiger partial charge in [0, 0.05) is 29.7 Å². The lowest BCUT2D eigenvalue weighted by molar-refractivity contribution is 0.118. The molecular formula is C28H36N6O2. The molecule has 0 fully saturated rings. The number of para-hydroxylation sites is 1. The number of nitrogens with one attached hydrogen (secondary N) is 1. The summed E-state index contributed by atoms with van der Waals surface area (Å²) in [6.07, 6.45) is 0. The Morgan fingerprint density at radius 3 is 2.47 bits per heavy atom. The molecule has 8 heteroatoms. The van der Waals surface area contributed by atoms with Gasteiger partial charge >= 0.3 is 0 Å². The normalized spacial score (nSPS) is 13.0. The van der Waals surface area contributed by atoms with E-state index in [1.807, 2.05) is 41.1 Å². The van der Waals surface area contributed by atoms with Crippen LogP contribution < -0.4 is 10.3 Å². The summed E-state index contributed by atoms with van der Waals surface area (Å²) < 4.78 is 7.55. The van der Waals surface area contributed by atoms with Crippen LogP contribution in [0.2, 0.25) is 0 Å². The zero-order valence-electron chi connectivity index (χ0n) is 22.2. The number of pyridine rings is 1. The summed E-state index contributed by atoms with van der Waals surface area (Å²) >= 11 is 0. The van der Waals surface area contributed by atoms with Crippen molar-refractivity contribution in [1.29, 1.82) is 0 Å². The summed E-state index contributed by atoms with van der Waals surface area (Å²) in [5, 5.41) is 13.9. The van der Waals surface area contributed by atoms with E-state index in [0.29, 0.717) is 18.7 Å². The van der Waals surface area contributed by atoms with E-state index in [-0.39, 0.29) is 23.1 Å². The molecule has 0 unspecified atom stereocenters. The topological polar surface area (TPSA) is 88.9 Å². The Labute approximate surface area is 212 Å². The Hall–Kier alpha value is -3.52. The molecule has 4 aromatic rings. The smallest absolute Gasteiger partial charge is 0.252 e. The third-order valence-electron chi connectivity index (χ3n) is 6.43. The van der Waals surface area contributed by atoms with Crippen LogP contribution in [-0.4, -0.2) is 37.2 Å². The van der Waals surface area contributed by atoms with Crippen molar-refractivity contribution in [3.8, 4) is 5.75 Å². The van der Waals surface area contributed by atoms with Crippen molar-refractivity contribution in [1.82, 2.24) is 30.1 Å². The first-order valence-electron chi connectivity index (χ1n) is 12.4. The van der Waals surface area contributed by atoms with E-state index in [4.69, 9.17) is 4.74 Å². The molecule has 0 bridgehead atoms. The van der Waals surface area contributed by atoms with Gasteiger partial charge in [-0.25, -0.2) is 4.68 Å². The van der Waals surface area contributed by atoms with Gasteiger partial charge in [0.25, 0.3) is 5.56 Å². The molecule has 190 valence electrons. The summed E-state index contributed by atoms with van der Waals surface area (Å²) in [6, 6.07) is 15.9. The van der Waals surface area contributed by atoms with E-state index in [9.17, 15) is 4.79 Å². The standard InChI is InChI=1S/C28H36N6O2/c1-18(2)25(26-30-31-32-34(26)28(4,5)6)33(16-20-10-8-9-11-24(20)36-7)17-22-15-21-14-19(3)12-13-23(21)29-27(22)35/h8-15,18,25H,16-17H2,1-7H3,(H,29,35)/t25-/m1/s1. The number of H-pyrrole nitrogens is 1. The highest BCUT2D eigenvalue weighted by atomic mass is 16.5. The molecule has 2 heterocycles. The summed E-state index contributed by atoms with van der Waals surface area (Å²) in [4.78, 5) is 18.5. The third kappa shape index (κ3) is 5.33. The fourth-order valence-corrected chi connectivity index (χ4v) is 4.75. The van der Waals surface area contributed by atoms with Gasteiger partial charge in [-0.15, -0.1) is 5.10 Å². The Morgan fingerprint density at radius 1 is 1.06 bits per heavy atom. The minimum atomic E-state index is -0.292. The van der Waals surface area contributed by atoms with E-state index >= 15 is 0 Å². The quantitative estimate of drug-likeness (QED) is 0.376. The van der Waals surface area contributed by atoms with E-state index in [1.165, 1.54) is 0 Å². The van der Waals surface area contributed by atoms with Crippen molar-refractivity contribution < 1.29 is 4.74 Å². The molecule has 1 N–H and O–H groups in total. The first kappa shape index (κ1) is 25.6. The number of aromatic nitrogens is 5. The van der Waals surface area contributed by atoms with Crippen LogP contribution in [0.3, 0.4) is 0 Å². The van der Waals surface area contributed by atoms with Gasteiger partial charge in [0.05, 0.1) is 18.7 Å². The van der Waals surface area contributed by atoms with Gasteiger partial charge in [0.15, 0.2) is 5.82 Å². The number of hydrogen-bond donors (Lipinski definition) is 1. The number of fused-ring (bicyclic) bond motifs is 1. The minimum Gasteiger partial charge on any atom is -0.496 e. The molecule has 0 saturated heterocycles. The van der Waals surface area contributed by atoms with Crippen molar-refractivity contribution in [2.75, 3.05) is 7.11 Å². The highest BCUT2D eigenvalue weighted by molar-refractivity contribution is 5.79. The molecule has 36 heavy (non-hydrogen) atoms.